The summed E-state index contributed by atoms with van der Waals surface area (Å²) in [7, 11) is 0. The molecule has 0 aliphatic carbocycles. The Labute approximate surface area is 79.1 Å². The van der Waals surface area contributed by atoms with Gasteiger partial charge in [0.2, 0.25) is 0 Å². The summed E-state index contributed by atoms with van der Waals surface area (Å²) < 4.78 is 0. The molecule has 0 amide bonds. The first-order valence-corrected chi connectivity index (χ1v) is 4.33. The Morgan fingerprint density at radius 3 is 2.31 bits per heavy atom. The lowest BCUT2D eigenvalue weighted by Crippen LogP contribution is -1.70. The molecule has 0 atom stereocenters. The Morgan fingerprint density at radius 1 is 1.08 bits per heavy atom. The maximum atomic E-state index is 3.33. The number of H-pyrrole nitrogens is 1. The first kappa shape index (κ1) is 9.59. The lowest BCUT2D eigenvalue weighted by molar-refractivity contribution is 1.25. The van der Waals surface area contributed by atoms with Gasteiger partial charge in [0.05, 0.1) is 0 Å². The molecule has 0 radical (unpaired) electrons. The highest BCUT2D eigenvalue weighted by Gasteiger charge is 2.00. The molecule has 0 aliphatic heterocycles. The minimum Gasteiger partial charge on any atom is -0.358 e. The van der Waals surface area contributed by atoms with E-state index in [9.17, 15) is 0 Å². The molecule has 0 aliphatic rings. The number of para-hydroxylation sites is 1. The number of hydrogen-bond acceptors (Lipinski definition) is 0. The van der Waals surface area contributed by atoms with Gasteiger partial charge in [0, 0.05) is 16.6 Å². The van der Waals surface area contributed by atoms with Crippen molar-refractivity contribution >= 4 is 10.9 Å². The van der Waals surface area contributed by atoms with E-state index in [1.807, 2.05) is 0 Å². The van der Waals surface area contributed by atoms with Crippen LogP contribution in [-0.4, -0.2) is 4.98 Å². The number of aromatic nitrogens is 1. The van der Waals surface area contributed by atoms with Gasteiger partial charge in [-0.1, -0.05) is 18.2 Å². The zero-order valence-corrected chi connectivity index (χ0v) is 8.22. The lowest BCUT2D eigenvalue weighted by Gasteiger charge is -1.87. The van der Waals surface area contributed by atoms with Gasteiger partial charge >= 0.3 is 0 Å². The molecule has 1 heteroatoms. The van der Waals surface area contributed by atoms with Gasteiger partial charge in [0.1, 0.15) is 0 Å². The molecule has 13 heavy (non-hydrogen) atoms. The topological polar surface area (TPSA) is 15.8 Å². The van der Waals surface area contributed by atoms with Crippen molar-refractivity contribution in [2.45, 2.75) is 13.8 Å². The van der Waals surface area contributed by atoms with Crippen LogP contribution in [-0.2, 0) is 0 Å². The van der Waals surface area contributed by atoms with Gasteiger partial charge in [-0.05, 0) is 25.5 Å². The van der Waals surface area contributed by atoms with E-state index >= 15 is 0 Å². The van der Waals surface area contributed by atoms with E-state index in [0.29, 0.717) is 0 Å². The van der Waals surface area contributed by atoms with Crippen molar-refractivity contribution in [3.8, 4) is 0 Å². The average molecular weight is 173 g/mol. The molecule has 1 N–H and O–H groups in total. The molecule has 2 aromatic rings. The predicted octanol–water partition coefficient (Wildman–Crippen LogP) is 3.59. The number of fused-ring (bicyclic) bond motifs is 1. The predicted molar refractivity (Wildman–Crippen MR) is 59.0 cm³/mol. The van der Waals surface area contributed by atoms with E-state index in [2.05, 4.69) is 56.3 Å². The number of aryl methyl sites for hydroxylation is 2. The fourth-order valence-electron chi connectivity index (χ4n) is 1.42. The second-order valence-corrected chi connectivity index (χ2v) is 2.92. The van der Waals surface area contributed by atoms with Crippen molar-refractivity contribution in [3.63, 3.8) is 0 Å². The Hall–Kier alpha value is -1.50. The highest BCUT2D eigenvalue weighted by Crippen LogP contribution is 2.19. The van der Waals surface area contributed by atoms with Gasteiger partial charge in [0.25, 0.3) is 0 Å². The minimum atomic E-state index is 1.24. The largest absolute Gasteiger partial charge is 0.358 e. The third-order valence-electron chi connectivity index (χ3n) is 2.22. The van der Waals surface area contributed by atoms with Gasteiger partial charge in [-0.3, -0.25) is 0 Å². The fourth-order valence-corrected chi connectivity index (χ4v) is 1.42. The molecule has 1 aromatic carbocycles. The first-order valence-electron chi connectivity index (χ1n) is 4.33. The highest BCUT2D eigenvalue weighted by molar-refractivity contribution is 5.84. The van der Waals surface area contributed by atoms with Crippen molar-refractivity contribution in [1.29, 1.82) is 0 Å². The molecule has 1 aromatic heterocycles. The van der Waals surface area contributed by atoms with Crippen LogP contribution in [0.15, 0.2) is 37.4 Å². The van der Waals surface area contributed by atoms with Crippen LogP contribution < -0.4 is 0 Å². The normalized spacial score (nSPS) is 9.38. The molecule has 68 valence electrons. The number of nitrogens with one attached hydrogen (secondary N) is 1. The van der Waals surface area contributed by atoms with Crippen molar-refractivity contribution < 1.29 is 0 Å². The molecule has 0 saturated carbocycles. The van der Waals surface area contributed by atoms with Gasteiger partial charge in [0.15, 0.2) is 0 Å². The summed E-state index contributed by atoms with van der Waals surface area (Å²) in [4.78, 5) is 3.33. The Morgan fingerprint density at radius 2 is 1.69 bits per heavy atom. The Kier molecular flexibility index (Phi) is 2.91. The third kappa shape index (κ3) is 1.64. The standard InChI is InChI=1S/C10H11N.C2H4/c1-7-8(2)11-10-6-4-3-5-9(7)10;1-2/h3-6,11H,1-2H3;1-2H2. The van der Waals surface area contributed by atoms with Crippen molar-refractivity contribution in [3.05, 3.63) is 48.7 Å². The fraction of sp³-hybridized carbons (Fsp3) is 0.167. The van der Waals surface area contributed by atoms with Crippen LogP contribution in [0.1, 0.15) is 11.3 Å². The maximum Gasteiger partial charge on any atom is 0.0458 e. The molecule has 0 fully saturated rings. The molecule has 0 spiro atoms. The van der Waals surface area contributed by atoms with Crippen LogP contribution in [0.3, 0.4) is 0 Å². The smallest absolute Gasteiger partial charge is 0.0458 e. The number of hydrogen-bond donors (Lipinski definition) is 1. The molecule has 2 rings (SSSR count). The summed E-state index contributed by atoms with van der Waals surface area (Å²) in [5.74, 6) is 0. The van der Waals surface area contributed by atoms with E-state index in [4.69, 9.17) is 0 Å². The van der Waals surface area contributed by atoms with Crippen molar-refractivity contribution in [1.82, 2.24) is 4.98 Å². The lowest BCUT2D eigenvalue weighted by atomic mass is 10.2. The summed E-state index contributed by atoms with van der Waals surface area (Å²) in [5.41, 5.74) is 3.87. The van der Waals surface area contributed by atoms with E-state index in [1.165, 1.54) is 22.2 Å². The summed E-state index contributed by atoms with van der Waals surface area (Å²) in [6.45, 7) is 10.3. The van der Waals surface area contributed by atoms with Crippen LogP contribution in [0, 0.1) is 13.8 Å². The van der Waals surface area contributed by atoms with E-state index in [0.717, 1.165) is 0 Å². The molecule has 0 unspecified atom stereocenters. The summed E-state index contributed by atoms with van der Waals surface area (Å²) in [6, 6.07) is 8.38. The Balaban J connectivity index is 0.000000396. The second-order valence-electron chi connectivity index (χ2n) is 2.92. The van der Waals surface area contributed by atoms with Gasteiger partial charge in [-0.25, -0.2) is 0 Å². The molecule has 1 nitrogen and oxygen atoms in total. The summed E-state index contributed by atoms with van der Waals surface area (Å²) in [6.07, 6.45) is 0. The number of rotatable bonds is 0. The monoisotopic (exact) mass is 173 g/mol. The van der Waals surface area contributed by atoms with E-state index in [1.54, 1.807) is 0 Å². The van der Waals surface area contributed by atoms with Crippen molar-refractivity contribution in [2.24, 2.45) is 0 Å². The minimum absolute atomic E-state index is 1.24. The molecule has 0 saturated heterocycles. The number of benzene rings is 1. The molecule has 0 bridgehead atoms. The van der Waals surface area contributed by atoms with Crippen LogP contribution in [0.4, 0.5) is 0 Å². The average Bonchev–Trinajstić information content (AvgIpc) is 2.47. The Bertz CT molecular complexity index is 398. The molecular weight excluding hydrogens is 158 g/mol. The summed E-state index contributed by atoms with van der Waals surface area (Å²) >= 11 is 0. The van der Waals surface area contributed by atoms with Crippen LogP contribution >= 0.6 is 0 Å². The summed E-state index contributed by atoms with van der Waals surface area (Å²) in [5, 5.41) is 1.34. The molecule has 1 heterocycles. The third-order valence-corrected chi connectivity index (χ3v) is 2.22. The first-order chi connectivity index (χ1) is 6.29. The van der Waals surface area contributed by atoms with Crippen molar-refractivity contribution in [2.75, 3.05) is 0 Å². The zero-order chi connectivity index (χ0) is 9.84. The van der Waals surface area contributed by atoms with E-state index < -0.39 is 0 Å². The van der Waals surface area contributed by atoms with Crippen LogP contribution in [0.5, 0.6) is 0 Å². The quantitative estimate of drug-likeness (QED) is 0.586. The van der Waals surface area contributed by atoms with Crippen LogP contribution in [0.2, 0.25) is 0 Å². The van der Waals surface area contributed by atoms with Crippen LogP contribution in [0.25, 0.3) is 10.9 Å². The van der Waals surface area contributed by atoms with Gasteiger partial charge in [-0.15, -0.1) is 13.2 Å². The maximum absolute atomic E-state index is 3.33. The number of aromatic amines is 1. The second kappa shape index (κ2) is 3.94. The SMILES string of the molecule is C=C.Cc1[nH]c2ccccc2c1C. The highest BCUT2D eigenvalue weighted by atomic mass is 14.7. The zero-order valence-electron chi connectivity index (χ0n) is 8.22. The molecular formula is C12H15N. The van der Waals surface area contributed by atoms with Gasteiger partial charge < -0.3 is 4.98 Å². The van der Waals surface area contributed by atoms with Gasteiger partial charge in [-0.2, -0.15) is 0 Å². The van der Waals surface area contributed by atoms with E-state index in [-0.39, 0.29) is 0 Å².